The first-order chi connectivity index (χ1) is 11.6. The molecule has 0 saturated carbocycles. The molecule has 24 heavy (non-hydrogen) atoms. The van der Waals surface area contributed by atoms with Crippen LogP contribution in [-0.4, -0.2) is 62.1 Å². The molecule has 6 heteroatoms. The minimum absolute atomic E-state index is 0.0850. The normalized spacial score (nSPS) is 24.8. The number of methoxy groups -OCH3 is 1. The highest BCUT2D eigenvalue weighted by molar-refractivity contribution is 5.85. The standard InChI is InChI=1S/C18H24N2O4/c1-19-16(21)8-7-15(18(22)20-9-11-24-12-10-20)17(19)13-3-5-14(23-2)6-4-13/h3-6,15,17H,7-12H2,1-2H3/t15-,17+/m0/s1. The minimum atomic E-state index is -0.229. The van der Waals surface area contributed by atoms with Gasteiger partial charge < -0.3 is 19.3 Å². The molecule has 0 aromatic heterocycles. The zero-order valence-corrected chi connectivity index (χ0v) is 14.2. The Morgan fingerprint density at radius 1 is 1.21 bits per heavy atom. The number of hydrogen-bond acceptors (Lipinski definition) is 4. The van der Waals surface area contributed by atoms with E-state index in [2.05, 4.69) is 0 Å². The molecular weight excluding hydrogens is 308 g/mol. The average Bonchev–Trinajstić information content (AvgIpc) is 2.64. The van der Waals surface area contributed by atoms with Crippen molar-refractivity contribution in [3.8, 4) is 5.75 Å². The van der Waals surface area contributed by atoms with Gasteiger partial charge in [-0.05, 0) is 24.1 Å². The number of rotatable bonds is 3. The van der Waals surface area contributed by atoms with E-state index in [0.29, 0.717) is 39.1 Å². The molecular formula is C18H24N2O4. The molecule has 2 aliphatic heterocycles. The van der Waals surface area contributed by atoms with Crippen molar-refractivity contribution in [3.63, 3.8) is 0 Å². The number of amides is 2. The summed E-state index contributed by atoms with van der Waals surface area (Å²) in [5.74, 6) is 0.763. The number of nitrogens with zero attached hydrogens (tertiary/aromatic N) is 2. The van der Waals surface area contributed by atoms with Crippen LogP contribution in [-0.2, 0) is 14.3 Å². The maximum atomic E-state index is 13.0. The molecule has 0 radical (unpaired) electrons. The minimum Gasteiger partial charge on any atom is -0.497 e. The average molecular weight is 332 g/mol. The predicted octanol–water partition coefficient (Wildman–Crippen LogP) is 1.46. The van der Waals surface area contributed by atoms with E-state index >= 15 is 0 Å². The molecule has 0 N–H and O–H groups in total. The van der Waals surface area contributed by atoms with Gasteiger partial charge in [-0.15, -0.1) is 0 Å². The number of morpholine rings is 1. The summed E-state index contributed by atoms with van der Waals surface area (Å²) in [5, 5.41) is 0. The van der Waals surface area contributed by atoms with E-state index in [1.165, 1.54) is 0 Å². The predicted molar refractivity (Wildman–Crippen MR) is 88.6 cm³/mol. The molecule has 2 amide bonds. The van der Waals surface area contributed by atoms with Crippen molar-refractivity contribution in [2.24, 2.45) is 5.92 Å². The fraction of sp³-hybridized carbons (Fsp3) is 0.556. The van der Waals surface area contributed by atoms with E-state index in [4.69, 9.17) is 9.47 Å². The lowest BCUT2D eigenvalue weighted by Crippen LogP contribution is -2.50. The van der Waals surface area contributed by atoms with Crippen molar-refractivity contribution in [3.05, 3.63) is 29.8 Å². The molecule has 0 unspecified atom stereocenters. The summed E-state index contributed by atoms with van der Waals surface area (Å²) < 4.78 is 10.5. The molecule has 2 fully saturated rings. The van der Waals surface area contributed by atoms with Gasteiger partial charge in [-0.3, -0.25) is 9.59 Å². The smallest absolute Gasteiger partial charge is 0.228 e. The highest BCUT2D eigenvalue weighted by Crippen LogP contribution is 2.37. The van der Waals surface area contributed by atoms with Crippen LogP contribution in [0.15, 0.2) is 24.3 Å². The van der Waals surface area contributed by atoms with Crippen LogP contribution in [0.4, 0.5) is 0 Å². The van der Waals surface area contributed by atoms with Crippen LogP contribution in [0.5, 0.6) is 5.75 Å². The van der Waals surface area contributed by atoms with E-state index in [9.17, 15) is 9.59 Å². The molecule has 1 aromatic rings. The highest BCUT2D eigenvalue weighted by Gasteiger charge is 2.40. The second kappa shape index (κ2) is 7.21. The molecule has 130 valence electrons. The quantitative estimate of drug-likeness (QED) is 0.841. The topological polar surface area (TPSA) is 59.1 Å². The Labute approximate surface area is 142 Å². The van der Waals surface area contributed by atoms with E-state index < -0.39 is 0 Å². The van der Waals surface area contributed by atoms with Crippen molar-refractivity contribution in [2.45, 2.75) is 18.9 Å². The van der Waals surface area contributed by atoms with Crippen LogP contribution < -0.4 is 4.74 Å². The van der Waals surface area contributed by atoms with Crippen molar-refractivity contribution < 1.29 is 19.1 Å². The third kappa shape index (κ3) is 3.24. The number of benzene rings is 1. The van der Waals surface area contributed by atoms with Gasteiger partial charge in [-0.1, -0.05) is 12.1 Å². The number of carbonyl (C=O) groups excluding carboxylic acids is 2. The summed E-state index contributed by atoms with van der Waals surface area (Å²) >= 11 is 0. The van der Waals surface area contributed by atoms with Gasteiger partial charge >= 0.3 is 0 Å². The van der Waals surface area contributed by atoms with Crippen molar-refractivity contribution in [2.75, 3.05) is 40.5 Å². The molecule has 1 aromatic carbocycles. The Morgan fingerprint density at radius 2 is 1.88 bits per heavy atom. The third-order valence-corrected chi connectivity index (χ3v) is 4.96. The second-order valence-electron chi connectivity index (χ2n) is 6.31. The van der Waals surface area contributed by atoms with Crippen LogP contribution in [0.1, 0.15) is 24.4 Å². The second-order valence-corrected chi connectivity index (χ2v) is 6.31. The summed E-state index contributed by atoms with van der Waals surface area (Å²) in [6.07, 6.45) is 1.01. The maximum absolute atomic E-state index is 13.0. The highest BCUT2D eigenvalue weighted by atomic mass is 16.5. The largest absolute Gasteiger partial charge is 0.497 e. The first kappa shape index (κ1) is 16.8. The Hall–Kier alpha value is -2.08. The van der Waals surface area contributed by atoms with Gasteiger partial charge in [0.25, 0.3) is 0 Å². The number of hydrogen-bond donors (Lipinski definition) is 0. The van der Waals surface area contributed by atoms with Crippen molar-refractivity contribution >= 4 is 11.8 Å². The fourth-order valence-electron chi connectivity index (χ4n) is 3.57. The molecule has 2 heterocycles. The van der Waals surface area contributed by atoms with Gasteiger partial charge in [0, 0.05) is 26.6 Å². The first-order valence-corrected chi connectivity index (χ1v) is 8.38. The summed E-state index contributed by atoms with van der Waals surface area (Å²) in [5.41, 5.74) is 0.970. The van der Waals surface area contributed by atoms with E-state index in [1.807, 2.05) is 29.2 Å². The Kier molecular flexibility index (Phi) is 5.04. The molecule has 2 aliphatic rings. The van der Waals surface area contributed by atoms with Crippen LogP contribution in [0.3, 0.4) is 0 Å². The SMILES string of the molecule is COc1ccc([C@@H]2[C@@H](C(=O)N3CCOCC3)CCC(=O)N2C)cc1. The maximum Gasteiger partial charge on any atom is 0.228 e. The van der Waals surface area contributed by atoms with Crippen molar-refractivity contribution in [1.82, 2.24) is 9.80 Å². The molecule has 3 rings (SSSR count). The van der Waals surface area contributed by atoms with Gasteiger partial charge in [0.05, 0.1) is 32.3 Å². The number of piperidine rings is 1. The van der Waals surface area contributed by atoms with Gasteiger partial charge in [0.2, 0.25) is 11.8 Å². The third-order valence-electron chi connectivity index (χ3n) is 4.96. The van der Waals surface area contributed by atoms with Gasteiger partial charge in [0.15, 0.2) is 0 Å². The number of carbonyl (C=O) groups is 2. The molecule has 6 nitrogen and oxygen atoms in total. The monoisotopic (exact) mass is 332 g/mol. The van der Waals surface area contributed by atoms with E-state index in [-0.39, 0.29) is 23.8 Å². The molecule has 0 spiro atoms. The van der Waals surface area contributed by atoms with Crippen LogP contribution >= 0.6 is 0 Å². The fourth-order valence-corrected chi connectivity index (χ4v) is 3.57. The van der Waals surface area contributed by atoms with E-state index in [1.54, 1.807) is 19.1 Å². The lowest BCUT2D eigenvalue weighted by Gasteiger charge is -2.41. The van der Waals surface area contributed by atoms with Crippen LogP contribution in [0.2, 0.25) is 0 Å². The molecule has 0 bridgehead atoms. The Morgan fingerprint density at radius 3 is 2.50 bits per heavy atom. The summed E-state index contributed by atoms with van der Waals surface area (Å²) in [7, 11) is 3.41. The Balaban J connectivity index is 1.86. The first-order valence-electron chi connectivity index (χ1n) is 8.38. The molecule has 0 aliphatic carbocycles. The van der Waals surface area contributed by atoms with E-state index in [0.717, 1.165) is 11.3 Å². The van der Waals surface area contributed by atoms with Gasteiger partial charge in [-0.2, -0.15) is 0 Å². The summed E-state index contributed by atoms with van der Waals surface area (Å²) in [4.78, 5) is 28.8. The van der Waals surface area contributed by atoms with Crippen molar-refractivity contribution in [1.29, 1.82) is 0 Å². The molecule has 2 atom stereocenters. The number of likely N-dealkylation sites (tertiary alicyclic amines) is 1. The summed E-state index contributed by atoms with van der Waals surface area (Å²) in [6, 6.07) is 7.40. The van der Waals surface area contributed by atoms with Crippen LogP contribution in [0, 0.1) is 5.92 Å². The Bertz CT molecular complexity index is 596. The zero-order chi connectivity index (χ0) is 17.1. The number of ether oxygens (including phenoxy) is 2. The lowest BCUT2D eigenvalue weighted by atomic mass is 9.83. The molecule has 2 saturated heterocycles. The van der Waals surface area contributed by atoms with Crippen LogP contribution in [0.25, 0.3) is 0 Å². The van der Waals surface area contributed by atoms with Gasteiger partial charge in [-0.25, -0.2) is 0 Å². The van der Waals surface area contributed by atoms with Gasteiger partial charge in [0.1, 0.15) is 5.75 Å². The summed E-state index contributed by atoms with van der Waals surface area (Å²) in [6.45, 7) is 2.42. The lowest BCUT2D eigenvalue weighted by molar-refractivity contribution is -0.149. The zero-order valence-electron chi connectivity index (χ0n) is 14.2.